The molecule has 28 heavy (non-hydrogen) atoms. The number of anilines is 2. The summed E-state index contributed by atoms with van der Waals surface area (Å²) in [5.41, 5.74) is 2.65. The molecule has 3 rings (SSSR count). The molecule has 0 spiro atoms. The maximum absolute atomic E-state index is 12.9. The van der Waals surface area contributed by atoms with Crippen molar-refractivity contribution < 1.29 is 8.95 Å². The highest BCUT2D eigenvalue weighted by Gasteiger charge is 2.06. The Kier molecular flexibility index (Phi) is 6.43. The minimum Gasteiger partial charge on any atom is -0.497 e. The number of hydrogen-bond acceptors (Lipinski definition) is 7. The van der Waals surface area contributed by atoms with Crippen molar-refractivity contribution >= 4 is 33.0 Å². The monoisotopic (exact) mass is 417 g/mol. The van der Waals surface area contributed by atoms with Crippen LogP contribution in [0.5, 0.6) is 5.75 Å². The Morgan fingerprint density at radius 2 is 1.93 bits per heavy atom. The normalized spacial score (nSPS) is 12.8. The third-order valence-corrected chi connectivity index (χ3v) is 5.57. The van der Waals surface area contributed by atoms with Gasteiger partial charge in [0.25, 0.3) is 0 Å². The molecule has 0 saturated carbocycles. The molecule has 7 nitrogen and oxygen atoms in total. The topological polar surface area (TPSA) is 89.4 Å². The van der Waals surface area contributed by atoms with Gasteiger partial charge in [-0.15, -0.1) is 0 Å². The van der Waals surface area contributed by atoms with Gasteiger partial charge in [-0.3, -0.25) is 0 Å². The van der Waals surface area contributed by atoms with Gasteiger partial charge in [-0.1, -0.05) is 24.3 Å². The number of nitrogens with zero attached hydrogens (tertiary/aromatic N) is 4. The van der Waals surface area contributed by atoms with Crippen molar-refractivity contribution in [3.05, 3.63) is 71.3 Å². The van der Waals surface area contributed by atoms with Crippen LogP contribution >= 0.6 is 11.6 Å². The van der Waals surface area contributed by atoms with E-state index in [0.717, 1.165) is 22.6 Å². The van der Waals surface area contributed by atoms with Crippen molar-refractivity contribution in [3.63, 3.8) is 0 Å². The van der Waals surface area contributed by atoms with Crippen LogP contribution in [-0.4, -0.2) is 32.5 Å². The number of hydrogen-bond donors (Lipinski definition) is 1. The lowest BCUT2D eigenvalue weighted by Crippen LogP contribution is -2.03. The standard InChI is InChI=1S/C19H20ClN5O2S/c1-27-17-8-6-14(7-9-17)11-23-28(2,26)12-15-4-3-5-16(10-15)24-19-22-13-21-18(20)25-19/h3-10,13H,11-12H2,1-2H3,(H,21,22,24,25). The molecule has 1 aromatic heterocycles. The summed E-state index contributed by atoms with van der Waals surface area (Å²) in [6.45, 7) is 0.390. The number of ether oxygens (including phenoxy) is 1. The summed E-state index contributed by atoms with van der Waals surface area (Å²) in [5.74, 6) is 1.47. The predicted molar refractivity (Wildman–Crippen MR) is 111 cm³/mol. The van der Waals surface area contributed by atoms with E-state index in [-0.39, 0.29) is 5.28 Å². The Balaban J connectivity index is 1.69. The minimum atomic E-state index is -2.39. The van der Waals surface area contributed by atoms with Crippen LogP contribution in [-0.2, 0) is 22.0 Å². The Bertz CT molecular complexity index is 1070. The fraction of sp³-hybridized carbons (Fsp3) is 0.211. The second-order valence-electron chi connectivity index (χ2n) is 6.14. The first-order chi connectivity index (χ1) is 13.4. The van der Waals surface area contributed by atoms with E-state index in [1.54, 1.807) is 13.4 Å². The molecule has 1 unspecified atom stereocenters. The lowest BCUT2D eigenvalue weighted by Gasteiger charge is -2.09. The molecule has 0 amide bonds. The van der Waals surface area contributed by atoms with Crippen LogP contribution in [0.3, 0.4) is 0 Å². The number of rotatable bonds is 7. The van der Waals surface area contributed by atoms with Crippen molar-refractivity contribution in [2.24, 2.45) is 4.36 Å². The second kappa shape index (κ2) is 8.99. The lowest BCUT2D eigenvalue weighted by atomic mass is 10.2. The average molecular weight is 418 g/mol. The Morgan fingerprint density at radius 3 is 2.64 bits per heavy atom. The molecule has 0 aliphatic heterocycles. The summed E-state index contributed by atoms with van der Waals surface area (Å²) in [4.78, 5) is 11.8. The first kappa shape index (κ1) is 20.0. The second-order valence-corrected chi connectivity index (χ2v) is 8.95. The summed E-state index contributed by atoms with van der Waals surface area (Å²) >= 11 is 5.77. The largest absolute Gasteiger partial charge is 0.497 e. The molecule has 2 aromatic carbocycles. The third kappa shape index (κ3) is 5.90. The van der Waals surface area contributed by atoms with Gasteiger partial charge in [0, 0.05) is 21.7 Å². The van der Waals surface area contributed by atoms with Gasteiger partial charge in [0.2, 0.25) is 11.2 Å². The smallest absolute Gasteiger partial charge is 0.231 e. The van der Waals surface area contributed by atoms with E-state index in [4.69, 9.17) is 16.3 Å². The zero-order valence-corrected chi connectivity index (χ0v) is 17.1. The van der Waals surface area contributed by atoms with Gasteiger partial charge in [-0.2, -0.15) is 4.98 Å². The highest BCUT2D eigenvalue weighted by molar-refractivity contribution is 7.92. The molecule has 0 fully saturated rings. The van der Waals surface area contributed by atoms with E-state index in [1.807, 2.05) is 48.5 Å². The molecule has 3 aromatic rings. The quantitative estimate of drug-likeness (QED) is 0.623. The molecule has 146 valence electrons. The molecule has 0 aliphatic carbocycles. The molecule has 0 radical (unpaired) electrons. The summed E-state index contributed by atoms with van der Waals surface area (Å²) in [6, 6.07) is 15.1. The average Bonchev–Trinajstić information content (AvgIpc) is 2.67. The molecule has 1 heterocycles. The van der Waals surface area contributed by atoms with Crippen LogP contribution in [0, 0.1) is 0 Å². The molecule has 0 saturated heterocycles. The van der Waals surface area contributed by atoms with Crippen LogP contribution in [0.2, 0.25) is 5.28 Å². The zero-order chi connectivity index (χ0) is 20.0. The fourth-order valence-electron chi connectivity index (χ4n) is 2.50. The van der Waals surface area contributed by atoms with Gasteiger partial charge < -0.3 is 10.1 Å². The van der Waals surface area contributed by atoms with Gasteiger partial charge in [0.1, 0.15) is 12.1 Å². The van der Waals surface area contributed by atoms with Gasteiger partial charge in [-0.05, 0) is 47.0 Å². The predicted octanol–water partition coefficient (Wildman–Crippen LogP) is 4.08. The lowest BCUT2D eigenvalue weighted by molar-refractivity contribution is 0.414. The summed E-state index contributed by atoms with van der Waals surface area (Å²) in [7, 11) is -0.770. The molecule has 1 atom stereocenters. The van der Waals surface area contributed by atoms with Gasteiger partial charge in [0.05, 0.1) is 19.4 Å². The summed E-state index contributed by atoms with van der Waals surface area (Å²) in [5, 5.41) is 3.17. The maximum Gasteiger partial charge on any atom is 0.231 e. The van der Waals surface area contributed by atoms with E-state index < -0.39 is 9.73 Å². The van der Waals surface area contributed by atoms with Crippen molar-refractivity contribution in [1.82, 2.24) is 15.0 Å². The van der Waals surface area contributed by atoms with Crippen LogP contribution in [0.25, 0.3) is 0 Å². The fourth-order valence-corrected chi connectivity index (χ4v) is 3.94. The number of benzene rings is 2. The molecule has 0 aliphatic rings. The van der Waals surface area contributed by atoms with E-state index in [2.05, 4.69) is 24.6 Å². The molecule has 9 heteroatoms. The summed E-state index contributed by atoms with van der Waals surface area (Å²) in [6.07, 6.45) is 3.00. The van der Waals surface area contributed by atoms with Crippen molar-refractivity contribution in [3.8, 4) is 5.75 Å². The van der Waals surface area contributed by atoms with Crippen LogP contribution in [0.1, 0.15) is 11.1 Å². The Hall–Kier alpha value is -2.71. The van der Waals surface area contributed by atoms with Crippen LogP contribution in [0.15, 0.2) is 59.2 Å². The molecular weight excluding hydrogens is 398 g/mol. The SMILES string of the molecule is COc1ccc(CN=S(C)(=O)Cc2cccc(Nc3ncnc(Cl)n3)c2)cc1. The number of halogens is 1. The molecule has 1 N–H and O–H groups in total. The van der Waals surface area contributed by atoms with Crippen LogP contribution < -0.4 is 10.1 Å². The van der Waals surface area contributed by atoms with E-state index in [1.165, 1.54) is 6.33 Å². The number of nitrogens with one attached hydrogen (secondary N) is 1. The van der Waals surface area contributed by atoms with E-state index in [0.29, 0.717) is 18.2 Å². The first-order valence-electron chi connectivity index (χ1n) is 8.42. The van der Waals surface area contributed by atoms with E-state index >= 15 is 0 Å². The zero-order valence-electron chi connectivity index (χ0n) is 15.5. The minimum absolute atomic E-state index is 0.113. The van der Waals surface area contributed by atoms with Crippen LogP contribution in [0.4, 0.5) is 11.6 Å². The summed E-state index contributed by atoms with van der Waals surface area (Å²) < 4.78 is 22.5. The highest BCUT2D eigenvalue weighted by Crippen LogP contribution is 2.18. The van der Waals surface area contributed by atoms with Gasteiger partial charge in [-0.25, -0.2) is 18.5 Å². The van der Waals surface area contributed by atoms with E-state index in [9.17, 15) is 4.21 Å². The first-order valence-corrected chi connectivity index (χ1v) is 10.9. The highest BCUT2D eigenvalue weighted by atomic mass is 35.5. The Labute approximate surface area is 169 Å². The molecular formula is C19H20ClN5O2S. The van der Waals surface area contributed by atoms with Gasteiger partial charge in [0.15, 0.2) is 0 Å². The maximum atomic E-state index is 12.9. The third-order valence-electron chi connectivity index (χ3n) is 3.84. The Morgan fingerprint density at radius 1 is 1.14 bits per heavy atom. The van der Waals surface area contributed by atoms with Crippen molar-refractivity contribution in [2.75, 3.05) is 18.7 Å². The molecule has 0 bridgehead atoms. The van der Waals surface area contributed by atoms with Crippen molar-refractivity contribution in [2.45, 2.75) is 12.3 Å². The number of aromatic nitrogens is 3. The number of methoxy groups -OCH3 is 1. The van der Waals surface area contributed by atoms with Crippen molar-refractivity contribution in [1.29, 1.82) is 0 Å². The van der Waals surface area contributed by atoms with Gasteiger partial charge >= 0.3 is 0 Å².